The number of benzene rings is 1. The highest BCUT2D eigenvalue weighted by molar-refractivity contribution is 7.85. The molecule has 7 nitrogen and oxygen atoms in total. The molecule has 10 heteroatoms. The predicted octanol–water partition coefficient (Wildman–Crippen LogP) is 3.06. The van der Waals surface area contributed by atoms with Crippen LogP contribution in [0, 0.1) is 6.92 Å². The van der Waals surface area contributed by atoms with Gasteiger partial charge in [0.05, 0.1) is 9.21 Å². The lowest BCUT2D eigenvalue weighted by Gasteiger charge is -2.27. The molecule has 1 aromatic heterocycles. The molecule has 0 bridgehead atoms. The number of rotatable bonds is 5. The van der Waals surface area contributed by atoms with Crippen LogP contribution in [0.5, 0.6) is 0 Å². The van der Waals surface area contributed by atoms with Crippen LogP contribution in [0.4, 0.5) is 5.69 Å². The van der Waals surface area contributed by atoms with Crippen molar-refractivity contribution in [2.75, 3.05) is 29.9 Å². The third kappa shape index (κ3) is 5.72. The summed E-state index contributed by atoms with van der Waals surface area (Å²) in [6.45, 7) is 5.98. The van der Waals surface area contributed by atoms with Crippen LogP contribution in [0.15, 0.2) is 30.3 Å². The summed E-state index contributed by atoms with van der Waals surface area (Å²) in [4.78, 5) is 40.0. The molecule has 0 unspecified atom stereocenters. The van der Waals surface area contributed by atoms with Crippen LogP contribution in [-0.4, -0.2) is 57.0 Å². The second-order valence-corrected chi connectivity index (χ2v) is 11.2. The third-order valence-corrected chi connectivity index (χ3v) is 7.48. The first-order valence-corrected chi connectivity index (χ1v) is 12.4. The molecule has 3 amide bonds. The maximum atomic E-state index is 12.8. The maximum Gasteiger partial charge on any atom is 0.262 e. The highest BCUT2D eigenvalue weighted by atomic mass is 35.5. The standard InChI is InChI=1S/C21H24ClN3O4S2/c1-13-12-14(4-5-15(13)19(27)25-8-10-31(29)11-9-25)23-20(28)21(2,3)24-18(26)16-6-7-17(22)30-16/h4-7,12H,8-11H2,1-3H3,(H,23,28)(H,24,26). The molecule has 1 aliphatic heterocycles. The van der Waals surface area contributed by atoms with Gasteiger partial charge in [0.15, 0.2) is 0 Å². The summed E-state index contributed by atoms with van der Waals surface area (Å²) in [6.07, 6.45) is 0. The van der Waals surface area contributed by atoms with E-state index in [1.54, 1.807) is 56.0 Å². The molecule has 0 atom stereocenters. The minimum absolute atomic E-state index is 0.103. The van der Waals surface area contributed by atoms with Crippen LogP contribution in [-0.2, 0) is 15.6 Å². The van der Waals surface area contributed by atoms with Gasteiger partial charge in [-0.15, -0.1) is 11.3 Å². The number of hydrogen-bond acceptors (Lipinski definition) is 5. The number of aryl methyl sites for hydroxylation is 1. The van der Waals surface area contributed by atoms with Crippen molar-refractivity contribution in [2.24, 2.45) is 0 Å². The van der Waals surface area contributed by atoms with Crippen molar-refractivity contribution in [3.05, 3.63) is 50.7 Å². The Labute approximate surface area is 192 Å². The van der Waals surface area contributed by atoms with Gasteiger partial charge in [0.2, 0.25) is 5.91 Å². The normalized spacial score (nSPS) is 14.9. The molecule has 2 aromatic rings. The van der Waals surface area contributed by atoms with E-state index in [0.717, 1.165) is 16.9 Å². The number of nitrogens with zero attached hydrogens (tertiary/aromatic N) is 1. The molecule has 1 aromatic carbocycles. The van der Waals surface area contributed by atoms with E-state index in [0.29, 0.717) is 45.1 Å². The first-order valence-electron chi connectivity index (χ1n) is 9.71. The Morgan fingerprint density at radius 3 is 2.39 bits per heavy atom. The first kappa shape index (κ1) is 23.4. The van der Waals surface area contributed by atoms with Crippen molar-refractivity contribution in [2.45, 2.75) is 26.3 Å². The summed E-state index contributed by atoms with van der Waals surface area (Å²) >= 11 is 7.01. The molecule has 2 heterocycles. The number of hydrogen-bond donors (Lipinski definition) is 2. The Morgan fingerprint density at radius 1 is 1.13 bits per heavy atom. The summed E-state index contributed by atoms with van der Waals surface area (Å²) in [6, 6.07) is 8.30. The van der Waals surface area contributed by atoms with Crippen molar-refractivity contribution in [3.63, 3.8) is 0 Å². The lowest BCUT2D eigenvalue weighted by molar-refractivity contribution is -0.120. The molecule has 1 aliphatic rings. The summed E-state index contributed by atoms with van der Waals surface area (Å²) in [5.41, 5.74) is 0.636. The van der Waals surface area contributed by atoms with Crippen LogP contribution < -0.4 is 10.6 Å². The van der Waals surface area contributed by atoms with Crippen molar-refractivity contribution >= 4 is 57.1 Å². The van der Waals surface area contributed by atoms with Crippen molar-refractivity contribution in [3.8, 4) is 0 Å². The SMILES string of the molecule is Cc1cc(NC(=O)C(C)(C)NC(=O)c2ccc(Cl)s2)ccc1C(=O)N1CCS(=O)CC1. The minimum Gasteiger partial charge on any atom is -0.337 e. The highest BCUT2D eigenvalue weighted by Gasteiger charge is 2.30. The van der Waals surface area contributed by atoms with Gasteiger partial charge in [0.25, 0.3) is 11.8 Å². The van der Waals surface area contributed by atoms with Gasteiger partial charge in [0.1, 0.15) is 5.54 Å². The van der Waals surface area contributed by atoms with Crippen molar-refractivity contribution in [1.82, 2.24) is 10.2 Å². The summed E-state index contributed by atoms with van der Waals surface area (Å²) < 4.78 is 12.0. The summed E-state index contributed by atoms with van der Waals surface area (Å²) in [5.74, 6) is 0.126. The summed E-state index contributed by atoms with van der Waals surface area (Å²) in [7, 11) is -0.851. The van der Waals surface area contributed by atoms with E-state index in [4.69, 9.17) is 11.6 Å². The van der Waals surface area contributed by atoms with E-state index in [1.165, 1.54) is 0 Å². The fourth-order valence-electron chi connectivity index (χ4n) is 3.12. The molecule has 0 radical (unpaired) electrons. The van der Waals surface area contributed by atoms with Crippen molar-refractivity contribution < 1.29 is 18.6 Å². The number of carbonyl (C=O) groups is 3. The number of anilines is 1. The maximum absolute atomic E-state index is 12.8. The molecule has 31 heavy (non-hydrogen) atoms. The Hall–Kier alpha value is -2.23. The Balaban J connectivity index is 1.65. The minimum atomic E-state index is -1.17. The zero-order valence-corrected chi connectivity index (χ0v) is 19.9. The molecule has 0 saturated carbocycles. The number of amides is 3. The van der Waals surface area contributed by atoms with Gasteiger partial charge in [-0.1, -0.05) is 11.6 Å². The third-order valence-electron chi connectivity index (χ3n) is 4.97. The Morgan fingerprint density at radius 2 is 1.81 bits per heavy atom. The van der Waals surface area contributed by atoms with Gasteiger partial charge in [-0.3, -0.25) is 18.6 Å². The molecule has 0 spiro atoms. The topological polar surface area (TPSA) is 95.6 Å². The van der Waals surface area contributed by atoms with Gasteiger partial charge in [-0.05, 0) is 56.7 Å². The zero-order valence-electron chi connectivity index (χ0n) is 17.5. The molecule has 0 aliphatic carbocycles. The van der Waals surface area contributed by atoms with Crippen molar-refractivity contribution in [1.29, 1.82) is 0 Å². The van der Waals surface area contributed by atoms with E-state index in [-0.39, 0.29) is 17.7 Å². The molecule has 1 saturated heterocycles. The Kier molecular flexibility index (Phi) is 7.18. The Bertz CT molecular complexity index is 1040. The molecular formula is C21H24ClN3O4S2. The van der Waals surface area contributed by atoms with E-state index >= 15 is 0 Å². The van der Waals surface area contributed by atoms with E-state index in [2.05, 4.69) is 10.6 Å². The van der Waals surface area contributed by atoms with E-state index in [9.17, 15) is 18.6 Å². The van der Waals surface area contributed by atoms with Gasteiger partial charge in [0, 0.05) is 46.6 Å². The fourth-order valence-corrected chi connectivity index (χ4v) is 5.11. The second-order valence-electron chi connectivity index (χ2n) is 7.81. The number of nitrogens with one attached hydrogen (secondary N) is 2. The van der Waals surface area contributed by atoms with Gasteiger partial charge >= 0.3 is 0 Å². The average Bonchev–Trinajstić information content (AvgIpc) is 3.14. The molecule has 3 rings (SSSR count). The van der Waals surface area contributed by atoms with Gasteiger partial charge < -0.3 is 15.5 Å². The average molecular weight is 482 g/mol. The highest BCUT2D eigenvalue weighted by Crippen LogP contribution is 2.23. The molecule has 1 fully saturated rings. The predicted molar refractivity (Wildman–Crippen MR) is 124 cm³/mol. The number of thiophene rings is 1. The zero-order chi connectivity index (χ0) is 22.8. The first-order chi connectivity index (χ1) is 14.6. The molecule has 166 valence electrons. The van der Waals surface area contributed by atoms with Crippen LogP contribution >= 0.6 is 22.9 Å². The smallest absolute Gasteiger partial charge is 0.262 e. The van der Waals surface area contributed by atoms with E-state index in [1.807, 2.05) is 0 Å². The summed E-state index contributed by atoms with van der Waals surface area (Å²) in [5, 5.41) is 5.51. The van der Waals surface area contributed by atoms with Gasteiger partial charge in [-0.25, -0.2) is 0 Å². The second kappa shape index (κ2) is 9.50. The molecule has 2 N–H and O–H groups in total. The lowest BCUT2D eigenvalue weighted by Crippen LogP contribution is -2.52. The van der Waals surface area contributed by atoms with E-state index < -0.39 is 16.3 Å². The van der Waals surface area contributed by atoms with Crippen LogP contribution in [0.2, 0.25) is 4.34 Å². The van der Waals surface area contributed by atoms with Crippen LogP contribution in [0.3, 0.4) is 0 Å². The molecular weight excluding hydrogens is 458 g/mol. The number of carbonyl (C=O) groups excluding carboxylic acids is 3. The van der Waals surface area contributed by atoms with Crippen LogP contribution in [0.25, 0.3) is 0 Å². The van der Waals surface area contributed by atoms with Crippen LogP contribution in [0.1, 0.15) is 39.4 Å². The largest absolute Gasteiger partial charge is 0.337 e. The lowest BCUT2D eigenvalue weighted by atomic mass is 10.0. The quantitative estimate of drug-likeness (QED) is 0.686. The fraction of sp³-hybridized carbons (Fsp3) is 0.381. The number of halogens is 1. The monoisotopic (exact) mass is 481 g/mol. The van der Waals surface area contributed by atoms with Gasteiger partial charge in [-0.2, -0.15) is 0 Å².